The summed E-state index contributed by atoms with van der Waals surface area (Å²) in [6.45, 7) is 0.890. The highest BCUT2D eigenvalue weighted by molar-refractivity contribution is 6.44. The minimum atomic E-state index is -1.23. The van der Waals surface area contributed by atoms with Crippen LogP contribution in [0.25, 0.3) is 0 Å². The standard InChI is InChI=1S/C21H18FN3O4/c22-15-6-4-14(5-7-15)19(26)17-18(16-3-1-12-29-16)25(21(28)20(17)27)10-2-9-24-11-8-23-13-24/h1,3-8,11-13,17-18H,2,9-10H2. The Morgan fingerprint density at radius 3 is 2.59 bits per heavy atom. The van der Waals surface area contributed by atoms with Gasteiger partial charge in [-0.2, -0.15) is 0 Å². The molecule has 3 heterocycles. The number of hydrogen-bond acceptors (Lipinski definition) is 5. The number of benzene rings is 1. The molecule has 3 aromatic rings. The Labute approximate surface area is 165 Å². The molecule has 148 valence electrons. The maximum Gasteiger partial charge on any atom is 0.291 e. The van der Waals surface area contributed by atoms with Crippen molar-refractivity contribution in [1.82, 2.24) is 14.5 Å². The Bertz CT molecular complexity index is 1010. The van der Waals surface area contributed by atoms with Crippen LogP contribution in [0.4, 0.5) is 4.39 Å². The lowest BCUT2D eigenvalue weighted by molar-refractivity contribution is -0.140. The lowest BCUT2D eigenvalue weighted by Gasteiger charge is -2.25. The molecule has 1 aliphatic heterocycles. The third-order valence-corrected chi connectivity index (χ3v) is 5.03. The van der Waals surface area contributed by atoms with Crippen molar-refractivity contribution in [3.05, 3.63) is 78.5 Å². The molecule has 2 aromatic heterocycles. The van der Waals surface area contributed by atoms with Gasteiger partial charge in [0, 0.05) is 31.0 Å². The van der Waals surface area contributed by atoms with Crippen molar-refractivity contribution in [2.24, 2.45) is 5.92 Å². The topological polar surface area (TPSA) is 85.4 Å². The highest BCUT2D eigenvalue weighted by atomic mass is 19.1. The number of aryl methyl sites for hydroxylation is 1. The monoisotopic (exact) mass is 395 g/mol. The van der Waals surface area contributed by atoms with Gasteiger partial charge in [0.2, 0.25) is 5.78 Å². The number of imidazole rings is 1. The molecule has 7 nitrogen and oxygen atoms in total. The second-order valence-electron chi connectivity index (χ2n) is 6.83. The van der Waals surface area contributed by atoms with E-state index in [0.29, 0.717) is 18.7 Å². The summed E-state index contributed by atoms with van der Waals surface area (Å²) in [6.07, 6.45) is 7.15. The number of furan rings is 1. The van der Waals surface area contributed by atoms with Crippen LogP contribution in [-0.2, 0) is 16.1 Å². The van der Waals surface area contributed by atoms with E-state index in [1.54, 1.807) is 24.7 Å². The number of hydrogen-bond donors (Lipinski definition) is 0. The van der Waals surface area contributed by atoms with E-state index in [9.17, 15) is 18.8 Å². The highest BCUT2D eigenvalue weighted by Gasteiger charge is 2.52. The number of carbonyl (C=O) groups excluding carboxylic acids is 3. The second kappa shape index (κ2) is 7.83. The van der Waals surface area contributed by atoms with E-state index in [1.807, 2.05) is 10.8 Å². The number of amides is 1. The number of Topliss-reactive ketones (excluding diaryl/α,β-unsaturated/α-hetero) is 2. The molecular formula is C21H18FN3O4. The second-order valence-corrected chi connectivity index (χ2v) is 6.83. The Balaban J connectivity index is 1.61. The van der Waals surface area contributed by atoms with Crippen LogP contribution in [0.1, 0.15) is 28.6 Å². The van der Waals surface area contributed by atoms with Gasteiger partial charge in [0.25, 0.3) is 5.91 Å². The summed E-state index contributed by atoms with van der Waals surface area (Å²) in [5.74, 6) is -3.36. The van der Waals surface area contributed by atoms with E-state index in [1.165, 1.54) is 23.3 Å². The number of rotatable bonds is 7. The Morgan fingerprint density at radius 2 is 1.93 bits per heavy atom. The number of aromatic nitrogens is 2. The van der Waals surface area contributed by atoms with Crippen molar-refractivity contribution >= 4 is 17.5 Å². The minimum absolute atomic E-state index is 0.175. The summed E-state index contributed by atoms with van der Waals surface area (Å²) in [5, 5.41) is 0. The predicted octanol–water partition coefficient (Wildman–Crippen LogP) is 2.66. The van der Waals surface area contributed by atoms with Gasteiger partial charge < -0.3 is 13.9 Å². The summed E-state index contributed by atoms with van der Waals surface area (Å²) in [5.41, 5.74) is 0.175. The van der Waals surface area contributed by atoms with Crippen LogP contribution in [0, 0.1) is 11.7 Å². The van der Waals surface area contributed by atoms with Crippen LogP contribution in [0.3, 0.4) is 0 Å². The Kier molecular flexibility index (Phi) is 5.07. The van der Waals surface area contributed by atoms with E-state index < -0.39 is 35.3 Å². The number of nitrogens with zero attached hydrogens (tertiary/aromatic N) is 3. The lowest BCUT2D eigenvalue weighted by atomic mass is 9.88. The largest absolute Gasteiger partial charge is 0.467 e. The van der Waals surface area contributed by atoms with Gasteiger partial charge in [0.15, 0.2) is 5.78 Å². The van der Waals surface area contributed by atoms with Gasteiger partial charge in [-0.3, -0.25) is 14.4 Å². The van der Waals surface area contributed by atoms with E-state index in [-0.39, 0.29) is 12.1 Å². The highest BCUT2D eigenvalue weighted by Crippen LogP contribution is 2.38. The van der Waals surface area contributed by atoms with Gasteiger partial charge in [0.1, 0.15) is 23.5 Å². The van der Waals surface area contributed by atoms with Crippen LogP contribution in [0.5, 0.6) is 0 Å². The number of halogens is 1. The van der Waals surface area contributed by atoms with Gasteiger partial charge in [0.05, 0.1) is 12.6 Å². The summed E-state index contributed by atoms with van der Waals surface area (Å²) < 4.78 is 20.5. The van der Waals surface area contributed by atoms with E-state index in [4.69, 9.17) is 4.42 Å². The van der Waals surface area contributed by atoms with Crippen molar-refractivity contribution in [3.63, 3.8) is 0 Å². The maximum atomic E-state index is 13.2. The first-order valence-corrected chi connectivity index (χ1v) is 9.20. The van der Waals surface area contributed by atoms with Crippen LogP contribution < -0.4 is 0 Å². The molecule has 29 heavy (non-hydrogen) atoms. The van der Waals surface area contributed by atoms with Crippen LogP contribution in [0.15, 0.2) is 65.8 Å². The molecule has 0 N–H and O–H groups in total. The van der Waals surface area contributed by atoms with Gasteiger partial charge >= 0.3 is 0 Å². The minimum Gasteiger partial charge on any atom is -0.467 e. The number of carbonyl (C=O) groups is 3. The molecule has 0 aliphatic carbocycles. The molecule has 1 fully saturated rings. The quantitative estimate of drug-likeness (QED) is 0.349. The Hall–Kier alpha value is -3.55. The molecule has 1 saturated heterocycles. The van der Waals surface area contributed by atoms with Gasteiger partial charge in [-0.1, -0.05) is 0 Å². The van der Waals surface area contributed by atoms with Gasteiger partial charge in [-0.15, -0.1) is 0 Å². The van der Waals surface area contributed by atoms with Crippen molar-refractivity contribution < 1.29 is 23.2 Å². The molecule has 0 bridgehead atoms. The first kappa shape index (κ1) is 18.8. The molecule has 0 spiro atoms. The molecule has 0 saturated carbocycles. The molecule has 2 unspecified atom stereocenters. The smallest absolute Gasteiger partial charge is 0.291 e. The third kappa shape index (κ3) is 3.61. The third-order valence-electron chi connectivity index (χ3n) is 5.03. The van der Waals surface area contributed by atoms with Crippen molar-refractivity contribution in [1.29, 1.82) is 0 Å². The normalized spacial score (nSPS) is 19.1. The van der Waals surface area contributed by atoms with Gasteiger partial charge in [-0.05, 0) is 42.8 Å². The molecule has 1 aliphatic rings. The van der Waals surface area contributed by atoms with E-state index >= 15 is 0 Å². The predicted molar refractivity (Wildman–Crippen MR) is 99.2 cm³/mol. The maximum absolute atomic E-state index is 13.2. The Morgan fingerprint density at radius 1 is 1.14 bits per heavy atom. The van der Waals surface area contributed by atoms with E-state index in [0.717, 1.165) is 12.1 Å². The van der Waals surface area contributed by atoms with Crippen molar-refractivity contribution in [2.75, 3.05) is 6.54 Å². The summed E-state index contributed by atoms with van der Waals surface area (Å²) in [7, 11) is 0. The summed E-state index contributed by atoms with van der Waals surface area (Å²) >= 11 is 0. The zero-order valence-corrected chi connectivity index (χ0v) is 15.4. The first-order chi connectivity index (χ1) is 14.1. The van der Waals surface area contributed by atoms with Crippen molar-refractivity contribution in [3.8, 4) is 0 Å². The molecule has 1 amide bonds. The van der Waals surface area contributed by atoms with E-state index in [2.05, 4.69) is 4.98 Å². The molecule has 0 radical (unpaired) electrons. The fourth-order valence-electron chi connectivity index (χ4n) is 3.64. The first-order valence-electron chi connectivity index (χ1n) is 9.20. The molecule has 1 aromatic carbocycles. The van der Waals surface area contributed by atoms with Crippen LogP contribution in [-0.4, -0.2) is 38.5 Å². The fraction of sp³-hybridized carbons (Fsp3) is 0.238. The number of ketones is 2. The van der Waals surface area contributed by atoms with Gasteiger partial charge in [-0.25, -0.2) is 9.37 Å². The molecular weight excluding hydrogens is 377 g/mol. The average molecular weight is 395 g/mol. The van der Waals surface area contributed by atoms with Crippen LogP contribution in [0.2, 0.25) is 0 Å². The zero-order valence-electron chi connectivity index (χ0n) is 15.4. The fourth-order valence-corrected chi connectivity index (χ4v) is 3.64. The summed E-state index contributed by atoms with van der Waals surface area (Å²) in [4.78, 5) is 43.9. The molecule has 8 heteroatoms. The average Bonchev–Trinajstić information content (AvgIpc) is 3.46. The SMILES string of the molecule is O=C1C(=O)N(CCCn2ccnc2)C(c2ccco2)C1C(=O)c1ccc(F)cc1. The molecule has 4 rings (SSSR count). The zero-order chi connectivity index (χ0) is 20.4. The van der Waals surface area contributed by atoms with Crippen molar-refractivity contribution in [2.45, 2.75) is 19.0 Å². The number of likely N-dealkylation sites (tertiary alicyclic amines) is 1. The lowest BCUT2D eigenvalue weighted by Crippen LogP contribution is -2.32. The molecule has 2 atom stereocenters. The summed E-state index contributed by atoms with van der Waals surface area (Å²) in [6, 6.07) is 7.40. The van der Waals surface area contributed by atoms with Crippen LogP contribution >= 0.6 is 0 Å².